The van der Waals surface area contributed by atoms with Crippen molar-refractivity contribution in [1.82, 2.24) is 9.88 Å². The molecule has 4 heteroatoms. The van der Waals surface area contributed by atoms with E-state index >= 15 is 0 Å². The summed E-state index contributed by atoms with van der Waals surface area (Å²) in [6.07, 6.45) is 4.94. The Balaban J connectivity index is 1.65. The minimum atomic E-state index is -0.128. The van der Waals surface area contributed by atoms with Crippen LogP contribution in [0.3, 0.4) is 0 Å². The summed E-state index contributed by atoms with van der Waals surface area (Å²) >= 11 is 0. The van der Waals surface area contributed by atoms with Gasteiger partial charge in [0, 0.05) is 30.4 Å². The van der Waals surface area contributed by atoms with E-state index in [1.54, 1.807) is 6.20 Å². The molecule has 186 valence electrons. The fraction of sp³-hybridized carbons (Fsp3) is 0.212. The molecule has 1 saturated heterocycles. The van der Waals surface area contributed by atoms with Gasteiger partial charge in [0.05, 0.1) is 0 Å². The van der Waals surface area contributed by atoms with E-state index in [9.17, 15) is 9.59 Å². The molecule has 1 aliphatic heterocycles. The van der Waals surface area contributed by atoms with Crippen LogP contribution in [0.1, 0.15) is 58.8 Å². The Labute approximate surface area is 218 Å². The number of hydrogen-bond acceptors (Lipinski definition) is 2. The van der Waals surface area contributed by atoms with Crippen LogP contribution in [0.5, 0.6) is 0 Å². The molecule has 1 aromatic heterocycles. The van der Waals surface area contributed by atoms with Crippen molar-refractivity contribution in [2.45, 2.75) is 33.1 Å². The first-order valence-electron chi connectivity index (χ1n) is 13.0. The van der Waals surface area contributed by atoms with Crippen LogP contribution in [0.4, 0.5) is 0 Å². The van der Waals surface area contributed by atoms with Gasteiger partial charge < -0.3 is 9.88 Å². The molecular weight excluding hydrogens is 456 g/mol. The molecule has 1 aliphatic rings. The Kier molecular flexibility index (Phi) is 7.18. The fourth-order valence-corrected chi connectivity index (χ4v) is 5.19. The first-order valence-corrected chi connectivity index (χ1v) is 13.0. The number of piperidine rings is 1. The highest BCUT2D eigenvalue weighted by molar-refractivity contribution is 6.01. The number of rotatable bonds is 5. The number of nitrogens with one attached hydrogen (secondary N) is 1. The average molecular weight is 489 g/mol. The van der Waals surface area contributed by atoms with Crippen LogP contribution in [0.25, 0.3) is 22.3 Å². The number of aryl methyl sites for hydroxylation is 1. The van der Waals surface area contributed by atoms with E-state index in [4.69, 9.17) is 0 Å². The lowest BCUT2D eigenvalue weighted by Gasteiger charge is -2.27. The van der Waals surface area contributed by atoms with Crippen molar-refractivity contribution in [3.05, 3.63) is 129 Å². The second-order valence-electron chi connectivity index (χ2n) is 9.74. The number of pyridine rings is 1. The molecule has 1 amide bonds. The summed E-state index contributed by atoms with van der Waals surface area (Å²) in [6.45, 7) is 5.67. The first-order chi connectivity index (χ1) is 18.0. The van der Waals surface area contributed by atoms with Crippen LogP contribution >= 0.6 is 0 Å². The van der Waals surface area contributed by atoms with Crippen molar-refractivity contribution in [1.29, 1.82) is 0 Å². The van der Waals surface area contributed by atoms with Gasteiger partial charge >= 0.3 is 0 Å². The molecule has 5 rings (SSSR count). The summed E-state index contributed by atoms with van der Waals surface area (Å²) < 4.78 is 0. The molecule has 0 atom stereocenters. The summed E-state index contributed by atoms with van der Waals surface area (Å²) in [5.74, 6) is 0.0786. The van der Waals surface area contributed by atoms with E-state index in [0.29, 0.717) is 11.1 Å². The predicted octanol–water partition coefficient (Wildman–Crippen LogP) is 6.96. The number of carbonyl (C=O) groups excluding carboxylic acids is 1. The third kappa shape index (κ3) is 5.19. The number of amides is 1. The number of carbonyl (C=O) groups is 1. The highest BCUT2D eigenvalue weighted by Crippen LogP contribution is 2.35. The van der Waals surface area contributed by atoms with Crippen LogP contribution in [0, 0.1) is 6.92 Å². The Morgan fingerprint density at radius 1 is 0.757 bits per heavy atom. The molecule has 0 spiro atoms. The summed E-state index contributed by atoms with van der Waals surface area (Å²) in [5, 5.41) is 0. The second-order valence-corrected chi connectivity index (χ2v) is 9.74. The largest absolute Gasteiger partial charge is 0.339 e. The lowest BCUT2D eigenvalue weighted by Crippen LogP contribution is -2.35. The minimum Gasteiger partial charge on any atom is -0.339 e. The normalized spacial score (nSPS) is 14.3. The summed E-state index contributed by atoms with van der Waals surface area (Å²) in [4.78, 5) is 30.9. The van der Waals surface area contributed by atoms with Crippen LogP contribution in [0.2, 0.25) is 0 Å². The molecule has 0 unspecified atom stereocenters. The van der Waals surface area contributed by atoms with Crippen LogP contribution in [-0.2, 0) is 0 Å². The van der Waals surface area contributed by atoms with Gasteiger partial charge in [-0.05, 0) is 96.3 Å². The number of benzene rings is 3. The molecule has 37 heavy (non-hydrogen) atoms. The number of allylic oxidation sites excluding steroid dienone is 1. The summed E-state index contributed by atoms with van der Waals surface area (Å²) in [5.41, 5.74) is 8.34. The SMILES string of the molecule is C/C(=C(/c1ccc(-c2ccccc2)cc1)c1cc(C(=O)N2CCCCC2)ccc1C)c1ccc[nH]c1=O. The number of aromatic nitrogens is 1. The highest BCUT2D eigenvalue weighted by atomic mass is 16.2. The van der Waals surface area contributed by atoms with Gasteiger partial charge in [0.2, 0.25) is 0 Å². The van der Waals surface area contributed by atoms with E-state index in [-0.39, 0.29) is 11.5 Å². The lowest BCUT2D eigenvalue weighted by atomic mass is 9.87. The van der Waals surface area contributed by atoms with Crippen molar-refractivity contribution in [2.24, 2.45) is 0 Å². The summed E-state index contributed by atoms with van der Waals surface area (Å²) in [7, 11) is 0. The number of aromatic amines is 1. The van der Waals surface area contributed by atoms with Gasteiger partial charge in [-0.25, -0.2) is 0 Å². The van der Waals surface area contributed by atoms with Crippen molar-refractivity contribution in [2.75, 3.05) is 13.1 Å². The van der Waals surface area contributed by atoms with Crippen LogP contribution in [-0.4, -0.2) is 28.9 Å². The van der Waals surface area contributed by atoms with E-state index < -0.39 is 0 Å². The van der Waals surface area contributed by atoms with E-state index in [1.807, 2.05) is 60.4 Å². The van der Waals surface area contributed by atoms with Gasteiger partial charge in [0.25, 0.3) is 11.5 Å². The average Bonchev–Trinajstić information content (AvgIpc) is 2.95. The lowest BCUT2D eigenvalue weighted by molar-refractivity contribution is 0.0724. The van der Waals surface area contributed by atoms with E-state index in [1.165, 1.54) is 6.42 Å². The van der Waals surface area contributed by atoms with E-state index in [0.717, 1.165) is 64.9 Å². The molecule has 4 nitrogen and oxygen atoms in total. The third-order valence-corrected chi connectivity index (χ3v) is 7.28. The molecule has 2 heterocycles. The predicted molar refractivity (Wildman–Crippen MR) is 151 cm³/mol. The molecule has 1 N–H and O–H groups in total. The maximum absolute atomic E-state index is 13.4. The smallest absolute Gasteiger partial charge is 0.255 e. The Bertz CT molecular complexity index is 1490. The molecule has 3 aromatic carbocycles. The number of hydrogen-bond donors (Lipinski definition) is 1. The van der Waals surface area contributed by atoms with Gasteiger partial charge in [-0.2, -0.15) is 0 Å². The molecule has 1 fully saturated rings. The molecule has 4 aromatic rings. The second kappa shape index (κ2) is 10.8. The van der Waals surface area contributed by atoms with Crippen molar-refractivity contribution in [3.8, 4) is 11.1 Å². The Morgan fingerprint density at radius 3 is 2.14 bits per heavy atom. The molecule has 0 bridgehead atoms. The Hall–Kier alpha value is -4.18. The zero-order valence-electron chi connectivity index (χ0n) is 21.5. The van der Waals surface area contributed by atoms with Gasteiger partial charge in [-0.3, -0.25) is 9.59 Å². The van der Waals surface area contributed by atoms with Gasteiger partial charge in [0.1, 0.15) is 0 Å². The van der Waals surface area contributed by atoms with Crippen molar-refractivity contribution < 1.29 is 4.79 Å². The first kappa shape index (κ1) is 24.5. The monoisotopic (exact) mass is 488 g/mol. The minimum absolute atomic E-state index is 0.0786. The standard InChI is InChI=1S/C33H32N2O2/c1-23-13-14-28(33(37)35-20-7-4-8-21-35)22-30(23)31(24(2)29-12-9-19-34-32(29)36)27-17-15-26(16-18-27)25-10-5-3-6-11-25/h3,5-6,9-19,22H,4,7-8,20-21H2,1-2H3,(H,34,36)/b31-24+. The van der Waals surface area contributed by atoms with Crippen LogP contribution in [0.15, 0.2) is 95.9 Å². The quantitative estimate of drug-likeness (QED) is 0.330. The zero-order chi connectivity index (χ0) is 25.8. The number of likely N-dealkylation sites (tertiary alicyclic amines) is 1. The number of nitrogens with zero attached hydrogens (tertiary/aromatic N) is 1. The van der Waals surface area contributed by atoms with Crippen LogP contribution < -0.4 is 5.56 Å². The molecule has 0 aliphatic carbocycles. The Morgan fingerprint density at radius 2 is 1.43 bits per heavy atom. The van der Waals surface area contributed by atoms with Gasteiger partial charge in [-0.15, -0.1) is 0 Å². The maximum atomic E-state index is 13.4. The topological polar surface area (TPSA) is 53.2 Å². The maximum Gasteiger partial charge on any atom is 0.255 e. The zero-order valence-corrected chi connectivity index (χ0v) is 21.5. The number of H-pyrrole nitrogens is 1. The molecule has 0 radical (unpaired) electrons. The fourth-order valence-electron chi connectivity index (χ4n) is 5.19. The highest BCUT2D eigenvalue weighted by Gasteiger charge is 2.21. The third-order valence-electron chi connectivity index (χ3n) is 7.28. The molecular formula is C33H32N2O2. The van der Waals surface area contributed by atoms with Crippen molar-refractivity contribution in [3.63, 3.8) is 0 Å². The van der Waals surface area contributed by atoms with Gasteiger partial charge in [0.15, 0.2) is 0 Å². The summed E-state index contributed by atoms with van der Waals surface area (Å²) in [6, 6.07) is 28.4. The van der Waals surface area contributed by atoms with Crippen molar-refractivity contribution >= 4 is 17.1 Å². The van der Waals surface area contributed by atoms with E-state index in [2.05, 4.69) is 48.3 Å². The van der Waals surface area contributed by atoms with Gasteiger partial charge in [-0.1, -0.05) is 60.7 Å². The molecule has 0 saturated carbocycles.